The Morgan fingerprint density at radius 2 is 1.62 bits per heavy atom. The lowest BCUT2D eigenvalue weighted by Gasteiger charge is -2.41. The fourth-order valence-electron chi connectivity index (χ4n) is 3.98. The normalized spacial score (nSPS) is 24.5. The Kier molecular flexibility index (Phi) is 4.65. The van der Waals surface area contributed by atoms with E-state index < -0.39 is 0 Å². The lowest BCUT2D eigenvalue weighted by atomic mass is 9.78. The standard InChI is InChI=1S/C21H25NO2/c1-2-7-19(8-3-1)21(11-12-22-13-16-23-17-14-22)20-9-5-4-6-18(20)10-15-24-21/h1-9H,10-17H2. The molecule has 0 N–H and O–H groups in total. The molecule has 1 saturated heterocycles. The number of morpholine rings is 1. The molecule has 2 aliphatic heterocycles. The molecule has 0 amide bonds. The molecule has 0 radical (unpaired) electrons. The van der Waals surface area contributed by atoms with Crippen LogP contribution in [0.25, 0.3) is 0 Å². The van der Waals surface area contributed by atoms with Crippen molar-refractivity contribution in [1.29, 1.82) is 0 Å². The van der Waals surface area contributed by atoms with E-state index in [0.717, 1.165) is 52.3 Å². The van der Waals surface area contributed by atoms with E-state index in [-0.39, 0.29) is 5.60 Å². The lowest BCUT2D eigenvalue weighted by molar-refractivity contribution is -0.0462. The quantitative estimate of drug-likeness (QED) is 0.862. The summed E-state index contributed by atoms with van der Waals surface area (Å²) in [4.78, 5) is 2.49. The molecule has 0 aliphatic carbocycles. The van der Waals surface area contributed by atoms with E-state index in [2.05, 4.69) is 59.5 Å². The highest BCUT2D eigenvalue weighted by Gasteiger charge is 2.39. The average molecular weight is 323 g/mol. The fourth-order valence-corrected chi connectivity index (χ4v) is 3.98. The fraction of sp³-hybridized carbons (Fsp3) is 0.429. The second-order valence-corrected chi connectivity index (χ2v) is 6.65. The Morgan fingerprint density at radius 3 is 2.46 bits per heavy atom. The summed E-state index contributed by atoms with van der Waals surface area (Å²) in [6.45, 7) is 5.55. The zero-order valence-corrected chi connectivity index (χ0v) is 14.1. The van der Waals surface area contributed by atoms with Gasteiger partial charge in [-0.15, -0.1) is 0 Å². The van der Waals surface area contributed by atoms with Gasteiger partial charge in [-0.3, -0.25) is 4.90 Å². The molecule has 3 nitrogen and oxygen atoms in total. The summed E-state index contributed by atoms with van der Waals surface area (Å²) < 4.78 is 12.0. The lowest BCUT2D eigenvalue weighted by Crippen LogP contribution is -2.43. The van der Waals surface area contributed by atoms with Gasteiger partial charge in [0.25, 0.3) is 0 Å². The number of ether oxygens (including phenoxy) is 2. The van der Waals surface area contributed by atoms with Gasteiger partial charge < -0.3 is 9.47 Å². The first-order chi connectivity index (χ1) is 11.9. The first kappa shape index (κ1) is 15.8. The molecule has 0 bridgehead atoms. The second-order valence-electron chi connectivity index (χ2n) is 6.65. The van der Waals surface area contributed by atoms with Crippen LogP contribution in [0, 0.1) is 0 Å². The summed E-state index contributed by atoms with van der Waals surface area (Å²) in [6, 6.07) is 19.5. The Labute approximate surface area is 144 Å². The smallest absolute Gasteiger partial charge is 0.120 e. The van der Waals surface area contributed by atoms with Gasteiger partial charge in [0.2, 0.25) is 0 Å². The minimum absolute atomic E-state index is 0.325. The van der Waals surface area contributed by atoms with Crippen LogP contribution in [0.4, 0.5) is 0 Å². The molecule has 2 aromatic rings. The third-order valence-electron chi connectivity index (χ3n) is 5.30. The minimum Gasteiger partial charge on any atom is -0.379 e. The van der Waals surface area contributed by atoms with Crippen molar-refractivity contribution >= 4 is 0 Å². The van der Waals surface area contributed by atoms with Gasteiger partial charge in [-0.2, -0.15) is 0 Å². The van der Waals surface area contributed by atoms with E-state index in [1.54, 1.807) is 0 Å². The third kappa shape index (κ3) is 3.00. The maximum Gasteiger partial charge on any atom is 0.120 e. The van der Waals surface area contributed by atoms with Crippen molar-refractivity contribution in [1.82, 2.24) is 4.90 Å². The summed E-state index contributed by atoms with van der Waals surface area (Å²) in [7, 11) is 0. The molecule has 4 rings (SSSR count). The number of hydrogen-bond donors (Lipinski definition) is 0. The first-order valence-electron chi connectivity index (χ1n) is 8.96. The highest BCUT2D eigenvalue weighted by molar-refractivity contribution is 5.43. The number of benzene rings is 2. The maximum atomic E-state index is 6.51. The van der Waals surface area contributed by atoms with Crippen LogP contribution in [0.15, 0.2) is 54.6 Å². The van der Waals surface area contributed by atoms with Gasteiger partial charge in [-0.05, 0) is 29.5 Å². The number of rotatable bonds is 4. The van der Waals surface area contributed by atoms with E-state index in [1.807, 2.05) is 0 Å². The molecule has 1 unspecified atom stereocenters. The summed E-state index contributed by atoms with van der Waals surface area (Å²) >= 11 is 0. The zero-order chi connectivity index (χ0) is 16.2. The van der Waals surface area contributed by atoms with Gasteiger partial charge in [0.1, 0.15) is 5.60 Å². The van der Waals surface area contributed by atoms with E-state index in [4.69, 9.17) is 9.47 Å². The summed E-state index contributed by atoms with van der Waals surface area (Å²) in [5, 5.41) is 0. The van der Waals surface area contributed by atoms with Crippen molar-refractivity contribution in [2.24, 2.45) is 0 Å². The Hall–Kier alpha value is -1.68. The Morgan fingerprint density at radius 1 is 0.875 bits per heavy atom. The molecule has 2 heterocycles. The summed E-state index contributed by atoms with van der Waals surface area (Å²) in [6.07, 6.45) is 1.98. The highest BCUT2D eigenvalue weighted by atomic mass is 16.5. The molecular weight excluding hydrogens is 298 g/mol. The van der Waals surface area contributed by atoms with Crippen LogP contribution in [0.1, 0.15) is 23.1 Å². The van der Waals surface area contributed by atoms with Gasteiger partial charge in [-0.1, -0.05) is 54.6 Å². The third-order valence-corrected chi connectivity index (χ3v) is 5.30. The van der Waals surface area contributed by atoms with Crippen LogP contribution in [-0.2, 0) is 21.5 Å². The summed E-state index contributed by atoms with van der Waals surface area (Å²) in [5.74, 6) is 0. The van der Waals surface area contributed by atoms with Crippen molar-refractivity contribution in [3.8, 4) is 0 Å². The van der Waals surface area contributed by atoms with Crippen LogP contribution in [0.3, 0.4) is 0 Å². The average Bonchev–Trinajstić information content (AvgIpc) is 2.68. The van der Waals surface area contributed by atoms with Crippen molar-refractivity contribution in [2.75, 3.05) is 39.5 Å². The van der Waals surface area contributed by atoms with Crippen molar-refractivity contribution in [3.05, 3.63) is 71.3 Å². The molecule has 0 spiro atoms. The van der Waals surface area contributed by atoms with Crippen molar-refractivity contribution in [3.63, 3.8) is 0 Å². The predicted octanol–water partition coefficient (Wildman–Crippen LogP) is 3.23. The molecular formula is C21H25NO2. The van der Waals surface area contributed by atoms with Gasteiger partial charge >= 0.3 is 0 Å². The zero-order valence-electron chi connectivity index (χ0n) is 14.1. The first-order valence-corrected chi connectivity index (χ1v) is 8.96. The van der Waals surface area contributed by atoms with E-state index in [1.165, 1.54) is 16.7 Å². The van der Waals surface area contributed by atoms with Gasteiger partial charge in [0, 0.05) is 19.6 Å². The van der Waals surface area contributed by atoms with E-state index in [9.17, 15) is 0 Å². The van der Waals surface area contributed by atoms with Crippen LogP contribution in [-0.4, -0.2) is 44.4 Å². The Bertz CT molecular complexity index is 667. The van der Waals surface area contributed by atoms with Crippen LogP contribution in [0.2, 0.25) is 0 Å². The van der Waals surface area contributed by atoms with Gasteiger partial charge in [0.05, 0.1) is 19.8 Å². The summed E-state index contributed by atoms with van der Waals surface area (Å²) in [5.41, 5.74) is 3.71. The monoisotopic (exact) mass is 323 g/mol. The largest absolute Gasteiger partial charge is 0.379 e. The van der Waals surface area contributed by atoms with E-state index >= 15 is 0 Å². The van der Waals surface area contributed by atoms with Crippen LogP contribution < -0.4 is 0 Å². The molecule has 1 fully saturated rings. The van der Waals surface area contributed by atoms with Crippen LogP contribution in [0.5, 0.6) is 0 Å². The molecule has 0 saturated carbocycles. The molecule has 3 heteroatoms. The second kappa shape index (κ2) is 7.06. The van der Waals surface area contributed by atoms with Gasteiger partial charge in [0.15, 0.2) is 0 Å². The molecule has 0 aromatic heterocycles. The predicted molar refractivity (Wildman–Crippen MR) is 95.2 cm³/mol. The number of nitrogens with zero attached hydrogens (tertiary/aromatic N) is 1. The molecule has 2 aliphatic rings. The molecule has 1 atom stereocenters. The number of hydrogen-bond acceptors (Lipinski definition) is 3. The SMILES string of the molecule is c1ccc(C2(CCN3CCOCC3)OCCc3ccccc32)cc1. The van der Waals surface area contributed by atoms with Crippen LogP contribution >= 0.6 is 0 Å². The molecule has 2 aromatic carbocycles. The highest BCUT2D eigenvalue weighted by Crippen LogP contribution is 2.41. The number of fused-ring (bicyclic) bond motifs is 1. The van der Waals surface area contributed by atoms with Crippen molar-refractivity contribution in [2.45, 2.75) is 18.4 Å². The molecule has 126 valence electrons. The van der Waals surface area contributed by atoms with Gasteiger partial charge in [-0.25, -0.2) is 0 Å². The molecule has 24 heavy (non-hydrogen) atoms. The minimum atomic E-state index is -0.325. The maximum absolute atomic E-state index is 6.51. The van der Waals surface area contributed by atoms with E-state index in [0.29, 0.717) is 0 Å². The Balaban J connectivity index is 1.68. The topological polar surface area (TPSA) is 21.7 Å². The van der Waals surface area contributed by atoms with Crippen molar-refractivity contribution < 1.29 is 9.47 Å².